The van der Waals surface area contributed by atoms with Crippen LogP contribution in [0.15, 0.2) is 6.33 Å². The van der Waals surface area contributed by atoms with Gasteiger partial charge in [-0.25, -0.2) is 0 Å². The van der Waals surface area contributed by atoms with Crippen LogP contribution in [0.5, 0.6) is 0 Å². The molecule has 72 valence electrons. The lowest BCUT2D eigenvalue weighted by Crippen LogP contribution is -2.04. The van der Waals surface area contributed by atoms with Gasteiger partial charge >= 0.3 is 0 Å². The maximum absolute atomic E-state index is 5.34. The van der Waals surface area contributed by atoms with E-state index in [0.29, 0.717) is 6.54 Å². The summed E-state index contributed by atoms with van der Waals surface area (Å²) in [5.41, 5.74) is 5.34. The van der Waals surface area contributed by atoms with Crippen LogP contribution in [0.2, 0.25) is 0 Å². The molecule has 0 radical (unpaired) electrons. The molecule has 4 nitrogen and oxygen atoms in total. The molecule has 0 aromatic carbocycles. The van der Waals surface area contributed by atoms with Crippen molar-refractivity contribution in [3.05, 3.63) is 12.2 Å². The fourth-order valence-corrected chi connectivity index (χ4v) is 0.794. The van der Waals surface area contributed by atoms with Crippen molar-refractivity contribution < 1.29 is 0 Å². The first-order chi connectivity index (χ1) is 4.84. The van der Waals surface area contributed by atoms with E-state index in [1.165, 1.54) is 0 Å². The number of nitrogens with zero attached hydrogens (tertiary/aromatic N) is 3. The van der Waals surface area contributed by atoms with E-state index in [4.69, 9.17) is 5.73 Å². The fourth-order valence-electron chi connectivity index (χ4n) is 0.794. The molecular formula is C6H14Cl2N4. The minimum atomic E-state index is 0. The molecule has 0 saturated heterocycles. The molecule has 0 fully saturated rings. The number of aryl methyl sites for hydroxylation is 2. The highest BCUT2D eigenvalue weighted by atomic mass is 35.5. The zero-order valence-electron chi connectivity index (χ0n) is 6.93. The van der Waals surface area contributed by atoms with Crippen molar-refractivity contribution in [1.82, 2.24) is 14.8 Å². The molecule has 1 heterocycles. The highest BCUT2D eigenvalue weighted by Crippen LogP contribution is 1.94. The predicted molar refractivity (Wildman–Crippen MR) is 52.9 cm³/mol. The van der Waals surface area contributed by atoms with Crippen LogP contribution < -0.4 is 5.73 Å². The van der Waals surface area contributed by atoms with Crippen molar-refractivity contribution >= 4 is 24.8 Å². The van der Waals surface area contributed by atoms with E-state index in [9.17, 15) is 0 Å². The van der Waals surface area contributed by atoms with Crippen LogP contribution in [0.3, 0.4) is 0 Å². The number of hydrogen-bond acceptors (Lipinski definition) is 3. The molecule has 6 heteroatoms. The summed E-state index contributed by atoms with van der Waals surface area (Å²) in [6.45, 7) is 0.715. The van der Waals surface area contributed by atoms with E-state index in [0.717, 1.165) is 18.7 Å². The van der Waals surface area contributed by atoms with Crippen molar-refractivity contribution in [3.63, 3.8) is 0 Å². The largest absolute Gasteiger partial charge is 0.330 e. The van der Waals surface area contributed by atoms with Crippen LogP contribution in [-0.2, 0) is 13.5 Å². The summed E-state index contributed by atoms with van der Waals surface area (Å²) in [5, 5.41) is 7.66. The molecule has 1 aromatic rings. The Morgan fingerprint density at radius 1 is 1.50 bits per heavy atom. The van der Waals surface area contributed by atoms with Crippen LogP contribution in [0.4, 0.5) is 0 Å². The normalized spacial score (nSPS) is 8.50. The summed E-state index contributed by atoms with van der Waals surface area (Å²) in [7, 11) is 1.94. The third-order valence-electron chi connectivity index (χ3n) is 1.41. The van der Waals surface area contributed by atoms with Gasteiger partial charge in [0.25, 0.3) is 0 Å². The van der Waals surface area contributed by atoms with Gasteiger partial charge in [-0.05, 0) is 13.0 Å². The quantitative estimate of drug-likeness (QED) is 0.797. The summed E-state index contributed by atoms with van der Waals surface area (Å²) in [6, 6.07) is 0. The number of hydrogen-bond donors (Lipinski definition) is 1. The Morgan fingerprint density at radius 3 is 2.58 bits per heavy atom. The summed E-state index contributed by atoms with van der Waals surface area (Å²) in [5.74, 6) is 1.01. The van der Waals surface area contributed by atoms with Crippen molar-refractivity contribution in [2.75, 3.05) is 6.54 Å². The van der Waals surface area contributed by atoms with Gasteiger partial charge < -0.3 is 10.3 Å². The Labute approximate surface area is 84.4 Å². The maximum atomic E-state index is 5.34. The third-order valence-corrected chi connectivity index (χ3v) is 1.41. The smallest absolute Gasteiger partial charge is 0.132 e. The molecule has 0 amide bonds. The maximum Gasteiger partial charge on any atom is 0.132 e. The van der Waals surface area contributed by atoms with Crippen LogP contribution in [0.1, 0.15) is 12.2 Å². The van der Waals surface area contributed by atoms with Crippen LogP contribution in [0, 0.1) is 0 Å². The fraction of sp³-hybridized carbons (Fsp3) is 0.667. The van der Waals surface area contributed by atoms with Crippen molar-refractivity contribution in [3.8, 4) is 0 Å². The Kier molecular flexibility index (Phi) is 8.69. The molecule has 1 aromatic heterocycles. The van der Waals surface area contributed by atoms with E-state index >= 15 is 0 Å². The molecule has 0 unspecified atom stereocenters. The molecule has 1 rings (SSSR count). The van der Waals surface area contributed by atoms with Gasteiger partial charge in [-0.3, -0.25) is 0 Å². The van der Waals surface area contributed by atoms with Gasteiger partial charge in [-0.15, -0.1) is 35.0 Å². The number of aromatic nitrogens is 3. The molecular weight excluding hydrogens is 199 g/mol. The molecule has 0 saturated carbocycles. The molecule has 0 bridgehead atoms. The lowest BCUT2D eigenvalue weighted by atomic mass is 10.3. The first kappa shape index (κ1) is 14.2. The van der Waals surface area contributed by atoms with E-state index < -0.39 is 0 Å². The SMILES string of the molecule is Cl.Cl.Cn1cnnc1CCCN. The molecule has 0 atom stereocenters. The monoisotopic (exact) mass is 212 g/mol. The Hall–Kier alpha value is -0.320. The minimum Gasteiger partial charge on any atom is -0.330 e. The van der Waals surface area contributed by atoms with Gasteiger partial charge in [0.05, 0.1) is 0 Å². The topological polar surface area (TPSA) is 56.7 Å². The van der Waals surface area contributed by atoms with E-state index in [1.807, 2.05) is 11.6 Å². The second-order valence-corrected chi connectivity index (χ2v) is 2.25. The molecule has 12 heavy (non-hydrogen) atoms. The Bertz CT molecular complexity index is 201. The standard InChI is InChI=1S/C6H12N4.2ClH/c1-10-5-8-9-6(10)3-2-4-7;;/h5H,2-4,7H2,1H3;2*1H. The van der Waals surface area contributed by atoms with Crippen molar-refractivity contribution in [2.45, 2.75) is 12.8 Å². The highest BCUT2D eigenvalue weighted by molar-refractivity contribution is 5.85. The number of rotatable bonds is 3. The van der Waals surface area contributed by atoms with E-state index in [2.05, 4.69) is 10.2 Å². The average molecular weight is 213 g/mol. The van der Waals surface area contributed by atoms with Crippen molar-refractivity contribution in [2.24, 2.45) is 12.8 Å². The summed E-state index contributed by atoms with van der Waals surface area (Å²) >= 11 is 0. The summed E-state index contributed by atoms with van der Waals surface area (Å²) in [6.07, 6.45) is 3.60. The molecule has 0 spiro atoms. The van der Waals surface area contributed by atoms with Gasteiger partial charge in [-0.2, -0.15) is 0 Å². The second kappa shape index (κ2) is 7.34. The Balaban J connectivity index is 0. The predicted octanol–water partition coefficient (Wildman–Crippen LogP) is 0.550. The highest BCUT2D eigenvalue weighted by Gasteiger charge is 1.97. The van der Waals surface area contributed by atoms with Crippen LogP contribution in [-0.4, -0.2) is 21.3 Å². The zero-order chi connectivity index (χ0) is 7.40. The Morgan fingerprint density at radius 2 is 2.17 bits per heavy atom. The minimum absolute atomic E-state index is 0. The third kappa shape index (κ3) is 3.90. The number of nitrogens with two attached hydrogens (primary N) is 1. The average Bonchev–Trinajstić information content (AvgIpc) is 2.31. The summed E-state index contributed by atoms with van der Waals surface area (Å²) < 4.78 is 1.91. The van der Waals surface area contributed by atoms with Gasteiger partial charge in [0, 0.05) is 13.5 Å². The molecule has 2 N–H and O–H groups in total. The van der Waals surface area contributed by atoms with Crippen LogP contribution >= 0.6 is 24.8 Å². The lowest BCUT2D eigenvalue weighted by Gasteiger charge is -1.96. The van der Waals surface area contributed by atoms with Gasteiger partial charge in [0.1, 0.15) is 12.2 Å². The molecule has 0 aliphatic heterocycles. The van der Waals surface area contributed by atoms with E-state index in [-0.39, 0.29) is 24.8 Å². The molecule has 0 aliphatic carbocycles. The summed E-state index contributed by atoms with van der Waals surface area (Å²) in [4.78, 5) is 0. The molecule has 0 aliphatic rings. The van der Waals surface area contributed by atoms with Crippen LogP contribution in [0.25, 0.3) is 0 Å². The lowest BCUT2D eigenvalue weighted by molar-refractivity contribution is 0.729. The first-order valence-corrected chi connectivity index (χ1v) is 3.37. The van der Waals surface area contributed by atoms with E-state index in [1.54, 1.807) is 6.33 Å². The second-order valence-electron chi connectivity index (χ2n) is 2.25. The van der Waals surface area contributed by atoms with Gasteiger partial charge in [0.15, 0.2) is 0 Å². The van der Waals surface area contributed by atoms with Crippen molar-refractivity contribution in [1.29, 1.82) is 0 Å². The number of halogens is 2. The van der Waals surface area contributed by atoms with Gasteiger partial charge in [0.2, 0.25) is 0 Å². The van der Waals surface area contributed by atoms with Gasteiger partial charge in [-0.1, -0.05) is 0 Å². The first-order valence-electron chi connectivity index (χ1n) is 3.37. The zero-order valence-corrected chi connectivity index (χ0v) is 8.57.